The van der Waals surface area contributed by atoms with E-state index in [0.717, 1.165) is 17.7 Å². The topological polar surface area (TPSA) is 39.2 Å². The van der Waals surface area contributed by atoms with E-state index in [1.54, 1.807) is 25.6 Å². The van der Waals surface area contributed by atoms with Crippen molar-refractivity contribution in [1.82, 2.24) is 4.98 Å². The second-order valence-electron chi connectivity index (χ2n) is 2.46. The first-order chi connectivity index (χ1) is 6.24. The van der Waals surface area contributed by atoms with E-state index in [1.165, 1.54) is 4.88 Å². The second kappa shape index (κ2) is 7.89. The zero-order valence-electron chi connectivity index (χ0n) is 8.24. The molecule has 13 heavy (non-hydrogen) atoms. The zero-order valence-corrected chi connectivity index (χ0v) is 9.06. The first kappa shape index (κ1) is 12.3. The number of aryl methyl sites for hydroxylation is 2. The van der Waals surface area contributed by atoms with Gasteiger partial charge in [-0.3, -0.25) is 0 Å². The fourth-order valence-electron chi connectivity index (χ4n) is 0.722. The van der Waals surface area contributed by atoms with Crippen molar-refractivity contribution in [2.45, 2.75) is 19.8 Å². The van der Waals surface area contributed by atoms with E-state index in [0.29, 0.717) is 6.42 Å². The van der Waals surface area contributed by atoms with Crippen LogP contribution in [0.3, 0.4) is 0 Å². The number of carbonyl (C=O) groups excluding carboxylic acids is 1. The van der Waals surface area contributed by atoms with Gasteiger partial charge in [0.05, 0.1) is 5.01 Å². The molecule has 0 fully saturated rings. The van der Waals surface area contributed by atoms with Gasteiger partial charge in [-0.1, -0.05) is 0 Å². The molecule has 1 rings (SSSR count). The predicted octanol–water partition coefficient (Wildman–Crippen LogP) is 1.85. The van der Waals surface area contributed by atoms with Crippen molar-refractivity contribution in [3.05, 3.63) is 16.1 Å². The molecule has 1 aromatic heterocycles. The standard InChI is InChI=1S/C7H9NOS.C2H6O/c1-6-8-5-7(10-6)3-2-4-9;1-3-2/h4-5H,2-3H2,1H3;1-2H3. The van der Waals surface area contributed by atoms with E-state index in [2.05, 4.69) is 9.72 Å². The number of rotatable bonds is 3. The Morgan fingerprint density at radius 2 is 2.23 bits per heavy atom. The second-order valence-corrected chi connectivity index (χ2v) is 3.78. The highest BCUT2D eigenvalue weighted by Gasteiger charge is 1.95. The van der Waals surface area contributed by atoms with Crippen LogP contribution in [0, 0.1) is 6.92 Å². The highest BCUT2D eigenvalue weighted by atomic mass is 32.1. The van der Waals surface area contributed by atoms with Crippen molar-refractivity contribution in [3.8, 4) is 0 Å². The molecular weight excluding hydrogens is 186 g/mol. The maximum absolute atomic E-state index is 9.97. The fourth-order valence-corrected chi connectivity index (χ4v) is 1.53. The number of aldehydes is 1. The molecule has 74 valence electrons. The van der Waals surface area contributed by atoms with Crippen LogP contribution in [0.4, 0.5) is 0 Å². The Hall–Kier alpha value is -0.740. The van der Waals surface area contributed by atoms with Crippen molar-refractivity contribution in [2.24, 2.45) is 0 Å². The van der Waals surface area contributed by atoms with Gasteiger partial charge in [0.2, 0.25) is 0 Å². The summed E-state index contributed by atoms with van der Waals surface area (Å²) < 4.78 is 4.25. The summed E-state index contributed by atoms with van der Waals surface area (Å²) in [6.07, 6.45) is 4.23. The van der Waals surface area contributed by atoms with Crippen LogP contribution in [-0.2, 0) is 16.0 Å². The monoisotopic (exact) mass is 201 g/mol. The minimum atomic E-state index is 0.613. The summed E-state index contributed by atoms with van der Waals surface area (Å²) in [5.41, 5.74) is 0. The number of thiazole rings is 1. The molecule has 0 aromatic carbocycles. The van der Waals surface area contributed by atoms with Gasteiger partial charge >= 0.3 is 0 Å². The average molecular weight is 201 g/mol. The van der Waals surface area contributed by atoms with Crippen LogP contribution in [0.25, 0.3) is 0 Å². The summed E-state index contributed by atoms with van der Waals surface area (Å²) in [7, 11) is 3.25. The minimum absolute atomic E-state index is 0.613. The van der Waals surface area contributed by atoms with Crippen molar-refractivity contribution >= 4 is 17.6 Å². The van der Waals surface area contributed by atoms with Crippen LogP contribution >= 0.6 is 11.3 Å². The van der Waals surface area contributed by atoms with E-state index >= 15 is 0 Å². The Morgan fingerprint density at radius 3 is 2.62 bits per heavy atom. The third kappa shape index (κ3) is 6.42. The minimum Gasteiger partial charge on any atom is -0.388 e. The Labute approximate surface area is 82.8 Å². The maximum atomic E-state index is 9.97. The first-order valence-electron chi connectivity index (χ1n) is 3.99. The van der Waals surface area contributed by atoms with Crippen molar-refractivity contribution in [3.63, 3.8) is 0 Å². The van der Waals surface area contributed by atoms with Gasteiger partial charge in [0.1, 0.15) is 6.29 Å². The third-order valence-electron chi connectivity index (χ3n) is 1.18. The molecule has 0 amide bonds. The molecular formula is C9H15NO2S. The van der Waals surface area contributed by atoms with Crippen LogP contribution in [0.1, 0.15) is 16.3 Å². The highest BCUT2D eigenvalue weighted by molar-refractivity contribution is 7.11. The fraction of sp³-hybridized carbons (Fsp3) is 0.556. The van der Waals surface area contributed by atoms with E-state index in [-0.39, 0.29) is 0 Å². The Bertz CT molecular complexity index is 235. The molecule has 4 heteroatoms. The largest absolute Gasteiger partial charge is 0.388 e. The number of hydrogen-bond donors (Lipinski definition) is 0. The Morgan fingerprint density at radius 1 is 1.62 bits per heavy atom. The van der Waals surface area contributed by atoms with Crippen LogP contribution < -0.4 is 0 Å². The smallest absolute Gasteiger partial charge is 0.120 e. The number of aromatic nitrogens is 1. The van der Waals surface area contributed by atoms with E-state index in [9.17, 15) is 4.79 Å². The Kier molecular flexibility index (Phi) is 7.44. The summed E-state index contributed by atoms with van der Waals surface area (Å²) in [4.78, 5) is 15.2. The average Bonchev–Trinajstić information content (AvgIpc) is 2.49. The molecule has 0 aliphatic carbocycles. The number of nitrogens with zero attached hydrogens (tertiary/aromatic N) is 1. The molecule has 0 saturated carbocycles. The van der Waals surface area contributed by atoms with Crippen LogP contribution in [0.5, 0.6) is 0 Å². The molecule has 1 heterocycles. The molecule has 0 unspecified atom stereocenters. The number of ether oxygens (including phenoxy) is 1. The molecule has 0 aliphatic heterocycles. The molecule has 1 aromatic rings. The summed E-state index contributed by atoms with van der Waals surface area (Å²) >= 11 is 1.66. The van der Waals surface area contributed by atoms with Crippen molar-refractivity contribution < 1.29 is 9.53 Å². The lowest BCUT2D eigenvalue weighted by Crippen LogP contribution is -1.79. The summed E-state index contributed by atoms with van der Waals surface area (Å²) in [6, 6.07) is 0. The Balaban J connectivity index is 0.000000424. The van der Waals surface area contributed by atoms with Gasteiger partial charge in [-0.15, -0.1) is 11.3 Å². The lowest BCUT2D eigenvalue weighted by Gasteiger charge is -1.84. The predicted molar refractivity (Wildman–Crippen MR) is 54.2 cm³/mol. The van der Waals surface area contributed by atoms with Crippen LogP contribution in [0.2, 0.25) is 0 Å². The quantitative estimate of drug-likeness (QED) is 0.700. The first-order valence-corrected chi connectivity index (χ1v) is 4.81. The van der Waals surface area contributed by atoms with Crippen molar-refractivity contribution in [2.75, 3.05) is 14.2 Å². The number of methoxy groups -OCH3 is 1. The van der Waals surface area contributed by atoms with Crippen molar-refractivity contribution in [1.29, 1.82) is 0 Å². The molecule has 0 radical (unpaired) electrons. The summed E-state index contributed by atoms with van der Waals surface area (Å²) in [6.45, 7) is 1.97. The van der Waals surface area contributed by atoms with Gasteiger partial charge in [-0.05, 0) is 13.3 Å². The van der Waals surface area contributed by atoms with Gasteiger partial charge in [0, 0.05) is 31.7 Å². The highest BCUT2D eigenvalue weighted by Crippen LogP contribution is 2.12. The number of carbonyl (C=O) groups is 1. The lowest BCUT2D eigenvalue weighted by molar-refractivity contribution is -0.107. The molecule has 0 saturated heterocycles. The van der Waals surface area contributed by atoms with E-state index in [4.69, 9.17) is 0 Å². The van der Waals surface area contributed by atoms with Crippen LogP contribution in [-0.4, -0.2) is 25.5 Å². The van der Waals surface area contributed by atoms with E-state index < -0.39 is 0 Å². The van der Waals surface area contributed by atoms with E-state index in [1.807, 2.05) is 13.1 Å². The molecule has 0 N–H and O–H groups in total. The van der Waals surface area contributed by atoms with Crippen LogP contribution in [0.15, 0.2) is 6.20 Å². The van der Waals surface area contributed by atoms with Gasteiger partial charge in [0.15, 0.2) is 0 Å². The maximum Gasteiger partial charge on any atom is 0.120 e. The lowest BCUT2D eigenvalue weighted by atomic mass is 10.3. The number of hydrogen-bond acceptors (Lipinski definition) is 4. The SMILES string of the molecule is COC.Cc1ncc(CCC=O)s1. The zero-order chi connectivity index (χ0) is 10.1. The normalized spacial score (nSPS) is 8.85. The molecule has 0 spiro atoms. The summed E-state index contributed by atoms with van der Waals surface area (Å²) in [5, 5.41) is 1.07. The molecule has 3 nitrogen and oxygen atoms in total. The molecule has 0 aliphatic rings. The summed E-state index contributed by atoms with van der Waals surface area (Å²) in [5.74, 6) is 0. The van der Waals surface area contributed by atoms with Gasteiger partial charge < -0.3 is 9.53 Å². The molecule has 0 atom stereocenters. The molecule has 0 bridgehead atoms. The third-order valence-corrected chi connectivity index (χ3v) is 2.15. The van der Waals surface area contributed by atoms with Gasteiger partial charge in [-0.25, -0.2) is 4.98 Å². The van der Waals surface area contributed by atoms with Gasteiger partial charge in [-0.2, -0.15) is 0 Å². The van der Waals surface area contributed by atoms with Gasteiger partial charge in [0.25, 0.3) is 0 Å².